The average molecular weight is 471 g/mol. The topological polar surface area (TPSA) is 116 Å². The number of hydrogen-bond donors (Lipinski definition) is 1. The molecule has 0 radical (unpaired) electrons. The molecule has 0 heterocycles. The maximum Gasteiger partial charge on any atom is 0.271 e. The molecule has 0 amide bonds. The number of nitrogens with zero attached hydrogens (tertiary/aromatic N) is 1. The van der Waals surface area contributed by atoms with Crippen LogP contribution in [-0.2, 0) is 9.84 Å². The molecule has 3 rings (SSSR count). The Kier molecular flexibility index (Phi) is 6.96. The summed E-state index contributed by atoms with van der Waals surface area (Å²) in [6, 6.07) is 19.1. The lowest BCUT2D eigenvalue weighted by atomic mass is 10.1. The van der Waals surface area contributed by atoms with E-state index in [1.54, 1.807) is 24.3 Å². The highest BCUT2D eigenvalue weighted by Crippen LogP contribution is 2.30. The number of carbonyl (C=O) groups is 1. The van der Waals surface area contributed by atoms with Gasteiger partial charge in [0.2, 0.25) is 0 Å². The highest BCUT2D eigenvalue weighted by molar-refractivity contribution is 7.95. The second-order valence-electron chi connectivity index (χ2n) is 6.60. The zero-order valence-electron chi connectivity index (χ0n) is 16.8. The van der Waals surface area contributed by atoms with Gasteiger partial charge >= 0.3 is 0 Å². The third kappa shape index (κ3) is 4.82. The van der Waals surface area contributed by atoms with E-state index in [-0.39, 0.29) is 32.6 Å². The number of Topliss-reactive ketones (excluding diaryl/α,β-unsaturated/α-hetero) is 1. The van der Waals surface area contributed by atoms with E-state index in [9.17, 15) is 23.3 Å². The summed E-state index contributed by atoms with van der Waals surface area (Å²) in [4.78, 5) is 23.4. The predicted octanol–water partition coefficient (Wildman–Crippen LogP) is 4.07. The molecule has 1 atom stereocenters. The first-order valence-corrected chi connectivity index (χ1v) is 11.2. The zero-order chi connectivity index (χ0) is 23.3. The van der Waals surface area contributed by atoms with Crippen LogP contribution >= 0.6 is 12.2 Å². The van der Waals surface area contributed by atoms with Crippen molar-refractivity contribution in [2.45, 2.75) is 10.1 Å². The van der Waals surface area contributed by atoms with Crippen LogP contribution in [0.4, 0.5) is 11.4 Å². The molecule has 8 nitrogen and oxygen atoms in total. The van der Waals surface area contributed by atoms with Crippen LogP contribution in [0, 0.1) is 10.1 Å². The first-order valence-electron chi connectivity index (χ1n) is 9.27. The van der Waals surface area contributed by atoms with E-state index in [0.29, 0.717) is 0 Å². The van der Waals surface area contributed by atoms with Crippen LogP contribution < -0.4 is 10.1 Å². The van der Waals surface area contributed by atoms with Crippen molar-refractivity contribution in [2.75, 3.05) is 12.4 Å². The standard InChI is InChI=1S/C22H18N2O6S2/c1-30-19-13-12-16(24(26)27)14-18(19)23-22(31)21(20(25)15-8-4-2-5-9-15)32(28,29)17-10-6-3-7-11-17/h2-14,21H,1H3,(H,23,31). The van der Waals surface area contributed by atoms with E-state index >= 15 is 0 Å². The maximum atomic E-state index is 13.4. The largest absolute Gasteiger partial charge is 0.495 e. The number of anilines is 1. The van der Waals surface area contributed by atoms with Gasteiger partial charge < -0.3 is 10.1 Å². The number of non-ortho nitro benzene ring substituents is 1. The molecule has 10 heteroatoms. The smallest absolute Gasteiger partial charge is 0.271 e. The number of sulfone groups is 1. The van der Waals surface area contributed by atoms with Gasteiger partial charge in [-0.1, -0.05) is 60.7 Å². The molecule has 0 bridgehead atoms. The number of hydrogen-bond acceptors (Lipinski definition) is 7. The molecule has 0 spiro atoms. The van der Waals surface area contributed by atoms with Gasteiger partial charge in [-0.25, -0.2) is 8.42 Å². The molecule has 0 aliphatic carbocycles. The summed E-state index contributed by atoms with van der Waals surface area (Å²) in [5, 5.41) is 12.1. The van der Waals surface area contributed by atoms with Crippen molar-refractivity contribution in [3.8, 4) is 5.75 Å². The quantitative estimate of drug-likeness (QED) is 0.227. The van der Waals surface area contributed by atoms with Crippen molar-refractivity contribution >= 4 is 44.2 Å². The second kappa shape index (κ2) is 9.67. The molecule has 0 aliphatic rings. The van der Waals surface area contributed by atoms with Crippen LogP contribution in [0.1, 0.15) is 10.4 Å². The lowest BCUT2D eigenvalue weighted by Crippen LogP contribution is -2.40. The first kappa shape index (κ1) is 23.0. The number of benzene rings is 3. The Bertz CT molecular complexity index is 1260. The Morgan fingerprint density at radius 1 is 1.03 bits per heavy atom. The fourth-order valence-electron chi connectivity index (χ4n) is 3.01. The molecular weight excluding hydrogens is 452 g/mol. The van der Waals surface area contributed by atoms with Gasteiger partial charge in [-0.15, -0.1) is 0 Å². The van der Waals surface area contributed by atoms with Crippen LogP contribution in [0.15, 0.2) is 83.8 Å². The molecule has 32 heavy (non-hydrogen) atoms. The molecule has 164 valence electrons. The third-order valence-electron chi connectivity index (χ3n) is 4.57. The van der Waals surface area contributed by atoms with Gasteiger partial charge in [-0.2, -0.15) is 0 Å². The highest BCUT2D eigenvalue weighted by atomic mass is 32.2. The predicted molar refractivity (Wildman–Crippen MR) is 124 cm³/mol. The van der Waals surface area contributed by atoms with E-state index in [0.717, 1.165) is 6.07 Å². The monoisotopic (exact) mass is 470 g/mol. The van der Waals surface area contributed by atoms with E-state index in [2.05, 4.69) is 5.32 Å². The number of carbonyl (C=O) groups excluding carboxylic acids is 1. The number of rotatable bonds is 8. The molecule has 1 N–H and O–H groups in total. The Balaban J connectivity index is 2.08. The fraction of sp³-hybridized carbons (Fsp3) is 0.0909. The van der Waals surface area contributed by atoms with Gasteiger partial charge in [0.05, 0.1) is 22.6 Å². The molecule has 1 unspecified atom stereocenters. The summed E-state index contributed by atoms with van der Waals surface area (Å²) in [6.45, 7) is 0. The molecule has 3 aromatic carbocycles. The SMILES string of the molecule is COc1ccc([N+](=O)[O-])cc1NC(=S)C(C(=O)c1ccccc1)S(=O)(=O)c1ccccc1. The summed E-state index contributed by atoms with van der Waals surface area (Å²) < 4.78 is 32.0. The Hall–Kier alpha value is -3.63. The molecule has 3 aromatic rings. The van der Waals surface area contributed by atoms with Gasteiger partial charge in [0.1, 0.15) is 10.7 Å². The zero-order valence-corrected chi connectivity index (χ0v) is 18.4. The van der Waals surface area contributed by atoms with Crippen LogP contribution in [0.3, 0.4) is 0 Å². The normalized spacial score (nSPS) is 11.9. The summed E-state index contributed by atoms with van der Waals surface area (Å²) in [7, 11) is -2.89. The molecule has 0 aromatic heterocycles. The van der Waals surface area contributed by atoms with Gasteiger partial charge in [0.25, 0.3) is 5.69 Å². The molecule has 0 saturated heterocycles. The lowest BCUT2D eigenvalue weighted by Gasteiger charge is -2.20. The van der Waals surface area contributed by atoms with Crippen LogP contribution in [0.25, 0.3) is 0 Å². The summed E-state index contributed by atoms with van der Waals surface area (Å²) >= 11 is 5.36. The Morgan fingerprint density at radius 3 is 2.19 bits per heavy atom. The van der Waals surface area contributed by atoms with E-state index < -0.39 is 25.8 Å². The molecular formula is C22H18N2O6S2. The van der Waals surface area contributed by atoms with Crippen molar-refractivity contribution in [2.24, 2.45) is 0 Å². The number of methoxy groups -OCH3 is 1. The Labute approximate surface area is 189 Å². The Morgan fingerprint density at radius 2 is 1.62 bits per heavy atom. The minimum Gasteiger partial charge on any atom is -0.495 e. The number of ketones is 1. The van der Waals surface area contributed by atoms with E-state index in [4.69, 9.17) is 17.0 Å². The molecule has 0 aliphatic heterocycles. The highest BCUT2D eigenvalue weighted by Gasteiger charge is 2.38. The first-order chi connectivity index (χ1) is 15.3. The third-order valence-corrected chi connectivity index (χ3v) is 7.05. The number of nitro benzene ring substituents is 1. The number of thiocarbonyl (C=S) groups is 1. The van der Waals surface area contributed by atoms with Crippen molar-refractivity contribution in [3.05, 3.63) is 94.5 Å². The fourth-order valence-corrected chi connectivity index (χ4v) is 5.17. The minimum atomic E-state index is -4.24. The van der Waals surface area contributed by atoms with E-state index in [1.807, 2.05) is 0 Å². The van der Waals surface area contributed by atoms with Crippen molar-refractivity contribution < 1.29 is 22.9 Å². The van der Waals surface area contributed by atoms with Gasteiger partial charge in [-0.3, -0.25) is 14.9 Å². The lowest BCUT2D eigenvalue weighted by molar-refractivity contribution is -0.384. The van der Waals surface area contributed by atoms with Crippen molar-refractivity contribution in [1.29, 1.82) is 0 Å². The van der Waals surface area contributed by atoms with Crippen LogP contribution in [0.5, 0.6) is 5.75 Å². The maximum absolute atomic E-state index is 13.4. The molecule has 0 fully saturated rings. The number of nitro groups is 1. The second-order valence-corrected chi connectivity index (χ2v) is 9.07. The summed E-state index contributed by atoms with van der Waals surface area (Å²) in [5.74, 6) is -0.530. The van der Waals surface area contributed by atoms with E-state index in [1.165, 1.54) is 55.6 Å². The molecule has 0 saturated carbocycles. The minimum absolute atomic E-state index is 0.0702. The van der Waals surface area contributed by atoms with Gasteiger partial charge in [0, 0.05) is 17.7 Å². The van der Waals surface area contributed by atoms with Crippen LogP contribution in [0.2, 0.25) is 0 Å². The van der Waals surface area contributed by atoms with Crippen molar-refractivity contribution in [1.82, 2.24) is 0 Å². The average Bonchev–Trinajstić information content (AvgIpc) is 2.80. The van der Waals surface area contributed by atoms with Gasteiger partial charge in [0.15, 0.2) is 20.9 Å². The van der Waals surface area contributed by atoms with Gasteiger partial charge in [-0.05, 0) is 18.2 Å². The number of nitrogens with one attached hydrogen (secondary N) is 1. The summed E-state index contributed by atoms with van der Waals surface area (Å²) in [6.07, 6.45) is 0. The summed E-state index contributed by atoms with van der Waals surface area (Å²) in [5.41, 5.74) is -0.0269. The van der Waals surface area contributed by atoms with Crippen molar-refractivity contribution in [3.63, 3.8) is 0 Å². The number of ether oxygens (including phenoxy) is 1. The van der Waals surface area contributed by atoms with Crippen LogP contribution in [-0.4, -0.2) is 36.5 Å².